The molecule has 1 atom stereocenters. The van der Waals surface area contributed by atoms with E-state index in [0.29, 0.717) is 12.1 Å². The molecule has 0 amide bonds. The van der Waals surface area contributed by atoms with Crippen molar-refractivity contribution in [3.63, 3.8) is 0 Å². The lowest BCUT2D eigenvalue weighted by Crippen LogP contribution is -2.10. The Balaban J connectivity index is 2.90. The first-order valence-corrected chi connectivity index (χ1v) is 4.62. The quantitative estimate of drug-likeness (QED) is 0.757. The summed E-state index contributed by atoms with van der Waals surface area (Å²) in [5.74, 6) is 0. The van der Waals surface area contributed by atoms with Crippen LogP contribution in [0.3, 0.4) is 0 Å². The molecule has 1 nitrogen and oxygen atoms in total. The predicted octanol–water partition coefficient (Wildman–Crippen LogP) is 2.96. The molecule has 0 aliphatic rings. The van der Waals surface area contributed by atoms with Crippen LogP contribution in [-0.4, -0.2) is 10.2 Å². The Morgan fingerprint density at radius 1 is 1.43 bits per heavy atom. The van der Waals surface area contributed by atoms with Crippen molar-refractivity contribution in [1.29, 1.82) is 0 Å². The molecule has 14 heavy (non-hydrogen) atoms. The summed E-state index contributed by atoms with van der Waals surface area (Å²) in [6, 6.07) is 3.90. The normalized spacial score (nSPS) is 14.1. The highest BCUT2D eigenvalue weighted by atomic mass is 32.1. The molecule has 1 rings (SSSR count). The van der Waals surface area contributed by atoms with Crippen LogP contribution < -0.4 is 0 Å². The van der Waals surface area contributed by atoms with Crippen LogP contribution in [0, 0.1) is 0 Å². The Hall–Kier alpha value is -0.710. The average molecular weight is 221 g/mol. The van der Waals surface area contributed by atoms with Gasteiger partial charge >= 0.3 is 6.18 Å². The Labute approximate surface area is 85.8 Å². The highest BCUT2D eigenvalue weighted by molar-refractivity contribution is 7.80. The van der Waals surface area contributed by atoms with Gasteiger partial charge in [0.05, 0.1) is 0 Å². The standard InChI is InChI=1S/C9H10F3NS/c1-6(14)5-7-3-2-4-8(13-7)9(10,11)12/h2-4,6,14H,5H2,1H3. The van der Waals surface area contributed by atoms with Crippen molar-refractivity contribution < 1.29 is 13.2 Å². The summed E-state index contributed by atoms with van der Waals surface area (Å²) in [6.07, 6.45) is -3.93. The van der Waals surface area contributed by atoms with Crippen LogP contribution in [0.25, 0.3) is 0 Å². The van der Waals surface area contributed by atoms with E-state index in [9.17, 15) is 13.2 Å². The van der Waals surface area contributed by atoms with Gasteiger partial charge in [-0.15, -0.1) is 0 Å². The van der Waals surface area contributed by atoms with Gasteiger partial charge in [-0.05, 0) is 12.1 Å². The zero-order valence-electron chi connectivity index (χ0n) is 7.54. The largest absolute Gasteiger partial charge is 0.433 e. The van der Waals surface area contributed by atoms with E-state index in [1.807, 2.05) is 6.92 Å². The van der Waals surface area contributed by atoms with Crippen LogP contribution in [0.15, 0.2) is 18.2 Å². The highest BCUT2D eigenvalue weighted by Crippen LogP contribution is 2.27. The number of rotatable bonds is 2. The van der Waals surface area contributed by atoms with Gasteiger partial charge in [-0.2, -0.15) is 25.8 Å². The van der Waals surface area contributed by atoms with Gasteiger partial charge in [0.2, 0.25) is 0 Å². The molecule has 0 aliphatic heterocycles. The second-order valence-corrected chi connectivity index (χ2v) is 3.95. The van der Waals surface area contributed by atoms with Gasteiger partial charge in [-0.25, -0.2) is 4.98 Å². The minimum Gasteiger partial charge on any atom is -0.248 e. The third-order valence-corrected chi connectivity index (χ3v) is 1.78. The van der Waals surface area contributed by atoms with Crippen LogP contribution in [0.5, 0.6) is 0 Å². The first-order chi connectivity index (χ1) is 6.39. The molecule has 0 radical (unpaired) electrons. The van der Waals surface area contributed by atoms with E-state index in [0.717, 1.165) is 6.07 Å². The van der Waals surface area contributed by atoms with E-state index < -0.39 is 11.9 Å². The van der Waals surface area contributed by atoms with Gasteiger partial charge < -0.3 is 0 Å². The van der Waals surface area contributed by atoms with Crippen molar-refractivity contribution >= 4 is 12.6 Å². The molecule has 1 aromatic heterocycles. The molecule has 0 saturated carbocycles. The number of hydrogen-bond donors (Lipinski definition) is 1. The number of pyridine rings is 1. The van der Waals surface area contributed by atoms with Gasteiger partial charge in [0.15, 0.2) is 0 Å². The number of alkyl halides is 3. The molecule has 78 valence electrons. The average Bonchev–Trinajstić information content (AvgIpc) is 2.01. The number of thiol groups is 1. The van der Waals surface area contributed by atoms with Gasteiger partial charge in [0.1, 0.15) is 5.69 Å². The molecule has 1 heterocycles. The maximum atomic E-state index is 12.2. The topological polar surface area (TPSA) is 12.9 Å². The van der Waals surface area contributed by atoms with Crippen molar-refractivity contribution in [1.82, 2.24) is 4.98 Å². The van der Waals surface area contributed by atoms with Crippen LogP contribution in [-0.2, 0) is 12.6 Å². The van der Waals surface area contributed by atoms with Crippen molar-refractivity contribution in [2.45, 2.75) is 24.8 Å². The maximum Gasteiger partial charge on any atom is 0.433 e. The van der Waals surface area contributed by atoms with Crippen molar-refractivity contribution in [3.05, 3.63) is 29.6 Å². The summed E-state index contributed by atoms with van der Waals surface area (Å²) >= 11 is 4.09. The lowest BCUT2D eigenvalue weighted by atomic mass is 10.2. The molecule has 1 aromatic rings. The van der Waals surface area contributed by atoms with E-state index in [4.69, 9.17) is 0 Å². The van der Waals surface area contributed by atoms with Crippen LogP contribution >= 0.6 is 12.6 Å². The Morgan fingerprint density at radius 2 is 2.07 bits per heavy atom. The van der Waals surface area contributed by atoms with E-state index in [1.54, 1.807) is 6.07 Å². The van der Waals surface area contributed by atoms with E-state index in [1.165, 1.54) is 6.07 Å². The monoisotopic (exact) mass is 221 g/mol. The van der Waals surface area contributed by atoms with E-state index in [-0.39, 0.29) is 5.25 Å². The fraction of sp³-hybridized carbons (Fsp3) is 0.444. The molecular weight excluding hydrogens is 211 g/mol. The Bertz CT molecular complexity index is 309. The molecule has 0 saturated heterocycles. The van der Waals surface area contributed by atoms with E-state index >= 15 is 0 Å². The summed E-state index contributed by atoms with van der Waals surface area (Å²) in [5.41, 5.74) is -0.425. The third kappa shape index (κ3) is 3.21. The summed E-state index contributed by atoms with van der Waals surface area (Å²) in [4.78, 5) is 3.51. The molecule has 0 fully saturated rings. The molecule has 1 unspecified atom stereocenters. The maximum absolute atomic E-state index is 12.2. The minimum atomic E-state index is -4.37. The molecule has 0 N–H and O–H groups in total. The minimum absolute atomic E-state index is 0.00554. The van der Waals surface area contributed by atoms with Gasteiger partial charge in [0, 0.05) is 17.4 Å². The predicted molar refractivity (Wildman–Crippen MR) is 51.4 cm³/mol. The molecule has 5 heteroatoms. The van der Waals surface area contributed by atoms with Gasteiger partial charge in [-0.1, -0.05) is 13.0 Å². The Morgan fingerprint density at radius 3 is 2.57 bits per heavy atom. The SMILES string of the molecule is CC(S)Cc1cccc(C(F)(F)F)n1. The first-order valence-electron chi connectivity index (χ1n) is 4.11. The van der Waals surface area contributed by atoms with Gasteiger partial charge in [-0.3, -0.25) is 0 Å². The number of hydrogen-bond acceptors (Lipinski definition) is 2. The van der Waals surface area contributed by atoms with Crippen LogP contribution in [0.2, 0.25) is 0 Å². The molecule has 0 spiro atoms. The summed E-state index contributed by atoms with van der Waals surface area (Å²) in [5, 5.41) is 0.00554. The van der Waals surface area contributed by atoms with Gasteiger partial charge in [0.25, 0.3) is 0 Å². The molecule has 0 aromatic carbocycles. The summed E-state index contributed by atoms with van der Waals surface area (Å²) in [6.45, 7) is 1.81. The lowest BCUT2D eigenvalue weighted by molar-refractivity contribution is -0.141. The van der Waals surface area contributed by atoms with Crippen molar-refractivity contribution in [3.8, 4) is 0 Å². The van der Waals surface area contributed by atoms with Crippen molar-refractivity contribution in [2.75, 3.05) is 0 Å². The number of nitrogens with zero attached hydrogens (tertiary/aromatic N) is 1. The summed E-state index contributed by atoms with van der Waals surface area (Å²) < 4.78 is 36.7. The number of halogens is 3. The fourth-order valence-corrected chi connectivity index (χ4v) is 1.24. The molecular formula is C9H10F3NS. The van der Waals surface area contributed by atoms with Crippen molar-refractivity contribution in [2.24, 2.45) is 0 Å². The zero-order chi connectivity index (χ0) is 10.8. The molecule has 0 bridgehead atoms. The Kier molecular flexibility index (Phi) is 3.42. The highest BCUT2D eigenvalue weighted by Gasteiger charge is 2.32. The third-order valence-electron chi connectivity index (χ3n) is 1.60. The molecule has 0 aliphatic carbocycles. The summed E-state index contributed by atoms with van der Waals surface area (Å²) in [7, 11) is 0. The second kappa shape index (κ2) is 4.21. The van der Waals surface area contributed by atoms with Crippen LogP contribution in [0.1, 0.15) is 18.3 Å². The fourth-order valence-electron chi connectivity index (χ4n) is 1.05. The van der Waals surface area contributed by atoms with Crippen LogP contribution in [0.4, 0.5) is 13.2 Å². The van der Waals surface area contributed by atoms with E-state index in [2.05, 4.69) is 17.6 Å². The smallest absolute Gasteiger partial charge is 0.248 e. The zero-order valence-corrected chi connectivity index (χ0v) is 8.44. The second-order valence-electron chi connectivity index (χ2n) is 3.07. The lowest BCUT2D eigenvalue weighted by Gasteiger charge is -2.08. The number of aromatic nitrogens is 1. The first kappa shape index (κ1) is 11.4.